The number of hydrogen-bond donors (Lipinski definition) is 2. The number of imidazole rings is 1. The maximum atomic E-state index is 13.3. The Morgan fingerprint density at radius 3 is 3.00 bits per heavy atom. The van der Waals surface area contributed by atoms with Crippen molar-refractivity contribution in [3.8, 4) is 11.5 Å². The largest absolute Gasteiger partial charge is 0.380 e. The smallest absolute Gasteiger partial charge is 0.243 e. The van der Waals surface area contributed by atoms with Gasteiger partial charge in [-0.2, -0.15) is 5.10 Å². The molecule has 1 saturated heterocycles. The molecule has 3 heterocycles. The number of hydrogen-bond acceptors (Lipinski definition) is 5. The Labute approximate surface area is 194 Å². The van der Waals surface area contributed by atoms with Crippen LogP contribution in [0.25, 0.3) is 22.6 Å². The van der Waals surface area contributed by atoms with Crippen LogP contribution in [0.4, 0.5) is 5.69 Å². The molecule has 1 fully saturated rings. The fourth-order valence-corrected chi connectivity index (χ4v) is 5.20. The van der Waals surface area contributed by atoms with Crippen LogP contribution in [-0.4, -0.2) is 70.4 Å². The van der Waals surface area contributed by atoms with Gasteiger partial charge in [-0.05, 0) is 63.1 Å². The number of nitrogens with zero attached hydrogens (tertiary/aromatic N) is 4. The van der Waals surface area contributed by atoms with Crippen molar-refractivity contribution >= 4 is 22.6 Å². The number of likely N-dealkylation sites (N-methyl/N-ethyl adjacent to an activating group) is 1. The summed E-state index contributed by atoms with van der Waals surface area (Å²) in [5, 5.41) is 7.81. The molecule has 1 aliphatic carbocycles. The minimum Gasteiger partial charge on any atom is -0.380 e. The molecule has 0 radical (unpaired) electrons. The van der Waals surface area contributed by atoms with Crippen LogP contribution in [0.2, 0.25) is 0 Å². The van der Waals surface area contributed by atoms with E-state index in [0.717, 1.165) is 72.8 Å². The summed E-state index contributed by atoms with van der Waals surface area (Å²) in [7, 11) is 1.86. The summed E-state index contributed by atoms with van der Waals surface area (Å²) < 4.78 is 5.55. The van der Waals surface area contributed by atoms with Crippen LogP contribution in [0.15, 0.2) is 12.1 Å². The number of amides is 1. The van der Waals surface area contributed by atoms with Gasteiger partial charge >= 0.3 is 0 Å². The zero-order chi connectivity index (χ0) is 23.1. The van der Waals surface area contributed by atoms with E-state index in [1.54, 1.807) is 4.90 Å². The molecule has 8 heteroatoms. The van der Waals surface area contributed by atoms with Crippen LogP contribution in [-0.2, 0) is 22.4 Å². The number of benzene rings is 1. The van der Waals surface area contributed by atoms with Crippen LogP contribution in [0.5, 0.6) is 0 Å². The van der Waals surface area contributed by atoms with E-state index in [1.807, 2.05) is 27.0 Å². The van der Waals surface area contributed by atoms with Gasteiger partial charge in [0.15, 0.2) is 5.82 Å². The molecule has 8 nitrogen and oxygen atoms in total. The molecule has 2 N–H and O–H groups in total. The first-order valence-electron chi connectivity index (χ1n) is 12.1. The van der Waals surface area contributed by atoms with Gasteiger partial charge in [0.05, 0.1) is 23.7 Å². The maximum Gasteiger partial charge on any atom is 0.243 e. The molecule has 1 amide bonds. The number of aromatic amines is 2. The lowest BCUT2D eigenvalue weighted by Gasteiger charge is -2.30. The fourth-order valence-electron chi connectivity index (χ4n) is 5.20. The first-order chi connectivity index (χ1) is 15.9. The van der Waals surface area contributed by atoms with Crippen LogP contribution in [0.3, 0.4) is 0 Å². The molecule has 2 unspecified atom stereocenters. The Morgan fingerprint density at radius 1 is 1.30 bits per heavy atom. The monoisotopic (exact) mass is 450 g/mol. The lowest BCUT2D eigenvalue weighted by Crippen LogP contribution is -2.47. The van der Waals surface area contributed by atoms with E-state index < -0.39 is 0 Å². The second-order valence-electron chi connectivity index (χ2n) is 9.69. The summed E-state index contributed by atoms with van der Waals surface area (Å²) in [4.78, 5) is 25.7. The van der Waals surface area contributed by atoms with E-state index in [-0.39, 0.29) is 11.9 Å². The number of rotatable bonds is 4. The van der Waals surface area contributed by atoms with Gasteiger partial charge in [0.25, 0.3) is 0 Å². The SMILES string of the molecule is Cc1cc2[nH]c(-c3n[nH]c4c3CC(C)CC4)nc2cc1N(C)C(=O)C(C)N1CCCOCC1. The van der Waals surface area contributed by atoms with Gasteiger partial charge in [0.2, 0.25) is 5.91 Å². The molecule has 2 aliphatic rings. The predicted molar refractivity (Wildman–Crippen MR) is 129 cm³/mol. The molecule has 2 atom stereocenters. The van der Waals surface area contributed by atoms with Crippen molar-refractivity contribution in [2.45, 2.75) is 52.5 Å². The average Bonchev–Trinajstić information content (AvgIpc) is 3.29. The van der Waals surface area contributed by atoms with E-state index in [2.05, 4.69) is 33.1 Å². The molecular weight excluding hydrogens is 416 g/mol. The van der Waals surface area contributed by atoms with Crippen LogP contribution in [0, 0.1) is 12.8 Å². The Hall–Kier alpha value is -2.71. The topological polar surface area (TPSA) is 90.1 Å². The van der Waals surface area contributed by atoms with Crippen molar-refractivity contribution in [2.75, 3.05) is 38.3 Å². The Bertz CT molecular complexity index is 1160. The van der Waals surface area contributed by atoms with E-state index in [0.29, 0.717) is 12.5 Å². The summed E-state index contributed by atoms with van der Waals surface area (Å²) in [5.41, 5.74) is 7.19. The predicted octanol–water partition coefficient (Wildman–Crippen LogP) is 3.46. The van der Waals surface area contributed by atoms with Crippen molar-refractivity contribution in [2.24, 2.45) is 5.92 Å². The number of ether oxygens (including phenoxy) is 1. The van der Waals surface area contributed by atoms with Gasteiger partial charge < -0.3 is 14.6 Å². The van der Waals surface area contributed by atoms with Gasteiger partial charge in [-0.1, -0.05) is 6.92 Å². The molecule has 0 spiro atoms. The number of carbonyl (C=O) groups is 1. The third kappa shape index (κ3) is 4.17. The van der Waals surface area contributed by atoms with Crippen molar-refractivity contribution in [3.05, 3.63) is 29.0 Å². The van der Waals surface area contributed by atoms with Crippen molar-refractivity contribution in [3.63, 3.8) is 0 Å². The first kappa shape index (κ1) is 22.1. The number of aryl methyl sites for hydroxylation is 2. The standard InChI is InChI=1S/C25H34N6O2/c1-15-6-7-19-18(12-15)23(29-28-19)24-26-20-13-16(2)22(14-21(20)27-24)30(4)25(32)17(3)31-8-5-10-33-11-9-31/h13-15,17H,5-12H2,1-4H3,(H,26,27)(H,28,29). The van der Waals surface area contributed by atoms with Gasteiger partial charge in [-0.25, -0.2) is 4.98 Å². The van der Waals surface area contributed by atoms with Crippen LogP contribution < -0.4 is 4.90 Å². The maximum absolute atomic E-state index is 13.3. The molecule has 0 bridgehead atoms. The summed E-state index contributed by atoms with van der Waals surface area (Å²) in [6.45, 7) is 9.44. The highest BCUT2D eigenvalue weighted by Gasteiger charge is 2.27. The number of carbonyl (C=O) groups excluding carboxylic acids is 1. The quantitative estimate of drug-likeness (QED) is 0.635. The lowest BCUT2D eigenvalue weighted by atomic mass is 9.88. The zero-order valence-electron chi connectivity index (χ0n) is 20.1. The number of fused-ring (bicyclic) bond motifs is 2. The molecule has 1 aromatic carbocycles. The molecule has 5 rings (SSSR count). The molecular formula is C25H34N6O2. The minimum atomic E-state index is -0.195. The normalized spacial score (nSPS) is 20.4. The zero-order valence-corrected chi connectivity index (χ0v) is 20.1. The van der Waals surface area contributed by atoms with E-state index >= 15 is 0 Å². The summed E-state index contributed by atoms with van der Waals surface area (Å²) in [6.07, 6.45) is 4.22. The highest BCUT2D eigenvalue weighted by molar-refractivity contribution is 5.99. The molecule has 0 saturated carbocycles. The minimum absolute atomic E-state index is 0.0884. The van der Waals surface area contributed by atoms with Crippen molar-refractivity contribution < 1.29 is 9.53 Å². The van der Waals surface area contributed by atoms with Crippen molar-refractivity contribution in [1.29, 1.82) is 0 Å². The van der Waals surface area contributed by atoms with Crippen LogP contribution in [0.1, 0.15) is 43.5 Å². The Kier molecular flexibility index (Phi) is 5.97. The lowest BCUT2D eigenvalue weighted by molar-refractivity contribution is -0.123. The second-order valence-corrected chi connectivity index (χ2v) is 9.69. The molecule has 2 aromatic heterocycles. The van der Waals surface area contributed by atoms with Gasteiger partial charge in [-0.3, -0.25) is 14.8 Å². The Morgan fingerprint density at radius 2 is 2.15 bits per heavy atom. The summed E-state index contributed by atoms with van der Waals surface area (Å²) >= 11 is 0. The van der Waals surface area contributed by atoms with E-state index in [4.69, 9.17) is 9.72 Å². The summed E-state index contributed by atoms with van der Waals surface area (Å²) in [5.74, 6) is 1.54. The molecule has 1 aliphatic heterocycles. The average molecular weight is 451 g/mol. The third-order valence-electron chi connectivity index (χ3n) is 7.27. The summed E-state index contributed by atoms with van der Waals surface area (Å²) in [6, 6.07) is 3.90. The number of aromatic nitrogens is 4. The highest BCUT2D eigenvalue weighted by Crippen LogP contribution is 2.33. The van der Waals surface area contributed by atoms with E-state index in [9.17, 15) is 4.79 Å². The van der Waals surface area contributed by atoms with Gasteiger partial charge in [-0.15, -0.1) is 0 Å². The van der Waals surface area contributed by atoms with E-state index in [1.165, 1.54) is 17.7 Å². The van der Waals surface area contributed by atoms with Gasteiger partial charge in [0, 0.05) is 43.7 Å². The van der Waals surface area contributed by atoms with Crippen molar-refractivity contribution in [1.82, 2.24) is 25.1 Å². The Balaban J connectivity index is 1.42. The molecule has 3 aromatic rings. The number of nitrogens with one attached hydrogen (secondary N) is 2. The van der Waals surface area contributed by atoms with Gasteiger partial charge in [0.1, 0.15) is 5.69 Å². The molecule has 33 heavy (non-hydrogen) atoms. The highest BCUT2D eigenvalue weighted by atomic mass is 16.5. The third-order valence-corrected chi connectivity index (χ3v) is 7.27. The molecule has 176 valence electrons. The first-order valence-corrected chi connectivity index (χ1v) is 12.1. The number of anilines is 1. The fraction of sp³-hybridized carbons (Fsp3) is 0.560. The van der Waals surface area contributed by atoms with Crippen LogP contribution >= 0.6 is 0 Å². The number of H-pyrrole nitrogens is 2. The second kappa shape index (κ2) is 8.91.